The van der Waals surface area contributed by atoms with E-state index in [-0.39, 0.29) is 30.6 Å². The molecule has 0 bridgehead atoms. The molecule has 0 saturated carbocycles. The largest absolute Gasteiger partial charge is 2.00 e. The van der Waals surface area contributed by atoms with Gasteiger partial charge in [-0.1, -0.05) is 47.9 Å². The molecule has 0 aliphatic heterocycles. The van der Waals surface area contributed by atoms with Crippen LogP contribution in [-0.2, 0) is 19.5 Å². The number of benzene rings is 2. The Morgan fingerprint density at radius 1 is 0.720 bits per heavy atom. The maximum Gasteiger partial charge on any atom is 2.00 e. The average Bonchev–Trinajstić information content (AvgIpc) is 2.47. The predicted molar refractivity (Wildman–Crippen MR) is 78.1 cm³/mol. The summed E-state index contributed by atoms with van der Waals surface area (Å²) in [7, 11) is -2.17. The van der Waals surface area contributed by atoms with E-state index in [2.05, 4.69) is 0 Å². The fourth-order valence-electron chi connectivity index (χ4n) is 1.29. The summed E-state index contributed by atoms with van der Waals surface area (Å²) in [6, 6.07) is 11.1. The molecule has 0 saturated heterocycles. The third-order valence-electron chi connectivity index (χ3n) is 2.23. The van der Waals surface area contributed by atoms with E-state index in [0.717, 1.165) is 0 Å². The minimum absolute atomic E-state index is 0. The van der Waals surface area contributed by atoms with Gasteiger partial charge >= 0.3 is 38.7 Å². The van der Waals surface area contributed by atoms with Crippen LogP contribution in [0.4, 0.5) is 0 Å². The van der Waals surface area contributed by atoms with Crippen LogP contribution < -0.4 is 10.2 Å². The Morgan fingerprint density at radius 2 is 0.960 bits per heavy atom. The average molecular weight is 401 g/mol. The molecule has 0 atom stereocenters. The van der Waals surface area contributed by atoms with Crippen LogP contribution in [0, 0.1) is 0 Å². The summed E-state index contributed by atoms with van der Waals surface area (Å²) in [5.41, 5.74) is -0.356. The van der Waals surface area contributed by atoms with Gasteiger partial charge in [0.25, 0.3) is 0 Å². The molecule has 11 heteroatoms. The Balaban J connectivity index is 0. The van der Waals surface area contributed by atoms with Gasteiger partial charge in [-0.25, -0.2) is 9.59 Å². The summed E-state index contributed by atoms with van der Waals surface area (Å²) in [6.45, 7) is 0. The molecular formula is C14H13BO9Zn. The van der Waals surface area contributed by atoms with Crippen LogP contribution in [0.2, 0.25) is 0 Å². The molecule has 0 spiro atoms. The normalized spacial score (nSPS) is 8.44. The fraction of sp³-hybridized carbons (Fsp3) is 0. The van der Waals surface area contributed by atoms with E-state index in [1.165, 1.54) is 48.5 Å². The number of carboxylic acid groups (broad SMARTS) is 2. The van der Waals surface area contributed by atoms with Crippen molar-refractivity contribution < 1.29 is 64.6 Å². The van der Waals surface area contributed by atoms with Crippen LogP contribution in [0.25, 0.3) is 0 Å². The van der Waals surface area contributed by atoms with Gasteiger partial charge in [0, 0.05) is 0 Å². The second-order valence-corrected chi connectivity index (χ2v) is 3.95. The van der Waals surface area contributed by atoms with Gasteiger partial charge in [0.2, 0.25) is 0 Å². The fourth-order valence-corrected chi connectivity index (χ4v) is 1.29. The van der Waals surface area contributed by atoms with Crippen molar-refractivity contribution in [3.63, 3.8) is 0 Å². The Hall–Kier alpha value is -2.45. The van der Waals surface area contributed by atoms with Crippen LogP contribution in [0.15, 0.2) is 48.5 Å². The summed E-state index contributed by atoms with van der Waals surface area (Å²) in [5.74, 6) is -3.25. The summed E-state index contributed by atoms with van der Waals surface area (Å²) in [4.78, 5) is 20.4. The van der Waals surface area contributed by atoms with E-state index in [1.54, 1.807) is 0 Å². The van der Waals surface area contributed by atoms with E-state index in [4.69, 9.17) is 25.3 Å². The number of carbonyl (C=O) groups is 2. The molecule has 128 valence electrons. The molecule has 0 fully saturated rings. The molecule has 0 heterocycles. The topological polar surface area (TPSA) is 181 Å². The van der Waals surface area contributed by atoms with Crippen molar-refractivity contribution in [2.45, 2.75) is 0 Å². The van der Waals surface area contributed by atoms with E-state index >= 15 is 0 Å². The maximum atomic E-state index is 10.7. The zero-order valence-corrected chi connectivity index (χ0v) is 15.7. The Morgan fingerprint density at radius 3 is 1.12 bits per heavy atom. The standard InChI is InChI=1S/2C7H6O3.BH3O3.Zn/c2*8-6-4-2-1-3-5(6)7(9)10;2-1(3)4;/h2*1-4,8H,(H,9,10);2-4H;/q;;;+2/p-2. The van der Waals surface area contributed by atoms with E-state index in [0.29, 0.717) is 0 Å². The third-order valence-corrected chi connectivity index (χ3v) is 2.23. The van der Waals surface area contributed by atoms with Crippen LogP contribution in [-0.4, -0.2) is 44.5 Å². The molecule has 5 N–H and O–H groups in total. The minimum Gasteiger partial charge on any atom is -0.872 e. The molecule has 0 radical (unpaired) electrons. The molecule has 2 rings (SSSR count). The van der Waals surface area contributed by atoms with Gasteiger partial charge in [-0.2, -0.15) is 0 Å². The van der Waals surface area contributed by atoms with Gasteiger partial charge in [-0.3, -0.25) is 0 Å². The zero-order valence-electron chi connectivity index (χ0n) is 12.8. The smallest absolute Gasteiger partial charge is 0.872 e. The molecule has 0 unspecified atom stereocenters. The molecule has 0 aromatic heterocycles. The van der Waals surface area contributed by atoms with Crippen LogP contribution in [0.3, 0.4) is 0 Å². The quantitative estimate of drug-likeness (QED) is 0.388. The summed E-state index contributed by atoms with van der Waals surface area (Å²) >= 11 is 0. The van der Waals surface area contributed by atoms with Crippen molar-refractivity contribution in [1.29, 1.82) is 0 Å². The van der Waals surface area contributed by atoms with Crippen molar-refractivity contribution >= 4 is 19.3 Å². The first-order chi connectivity index (χ1) is 11.2. The molecule has 0 amide bonds. The Labute approximate surface area is 155 Å². The van der Waals surface area contributed by atoms with E-state index in [9.17, 15) is 19.8 Å². The Bertz CT molecular complexity index is 621. The van der Waals surface area contributed by atoms with Gasteiger partial charge in [0.1, 0.15) is 0 Å². The number of carboxylic acids is 2. The molecule has 0 aliphatic rings. The first-order valence-electron chi connectivity index (χ1n) is 6.19. The van der Waals surface area contributed by atoms with Crippen LogP contribution in [0.1, 0.15) is 20.7 Å². The Kier molecular flexibility index (Phi) is 12.8. The third kappa shape index (κ3) is 10.9. The second kappa shape index (κ2) is 12.9. The van der Waals surface area contributed by atoms with Crippen molar-refractivity contribution in [2.75, 3.05) is 0 Å². The van der Waals surface area contributed by atoms with Crippen LogP contribution in [0.5, 0.6) is 11.5 Å². The van der Waals surface area contributed by atoms with Gasteiger partial charge in [0.05, 0.1) is 11.1 Å². The predicted octanol–water partition coefficient (Wildman–Crippen LogP) is -1.14. The SMILES string of the molecule is O=C(O)c1ccccc1[O-].O=C(O)c1ccccc1[O-].OB(O)O.[Zn+2]. The number of aromatic carboxylic acids is 2. The second-order valence-electron chi connectivity index (χ2n) is 3.95. The molecule has 0 aliphatic carbocycles. The summed E-state index contributed by atoms with van der Waals surface area (Å²) in [6.07, 6.45) is 0. The first-order valence-corrected chi connectivity index (χ1v) is 6.19. The first kappa shape index (κ1) is 24.8. The van der Waals surface area contributed by atoms with Crippen molar-refractivity contribution in [3.05, 3.63) is 59.7 Å². The summed E-state index contributed by atoms with van der Waals surface area (Å²) in [5, 5.41) is 59.6. The number of hydrogen-bond acceptors (Lipinski definition) is 7. The van der Waals surface area contributed by atoms with Crippen molar-refractivity contribution in [3.8, 4) is 11.5 Å². The minimum atomic E-state index is -2.17. The van der Waals surface area contributed by atoms with E-state index < -0.39 is 30.8 Å². The monoisotopic (exact) mass is 400 g/mol. The maximum absolute atomic E-state index is 10.7. The number of hydrogen-bond donors (Lipinski definition) is 5. The van der Waals surface area contributed by atoms with Gasteiger partial charge in [0.15, 0.2) is 0 Å². The van der Waals surface area contributed by atoms with Crippen LogP contribution >= 0.6 is 0 Å². The van der Waals surface area contributed by atoms with Gasteiger partial charge in [-0.15, -0.1) is 0 Å². The van der Waals surface area contributed by atoms with E-state index in [1.807, 2.05) is 0 Å². The molecule has 2 aromatic carbocycles. The van der Waals surface area contributed by atoms with Gasteiger partial charge < -0.3 is 35.5 Å². The molecule has 9 nitrogen and oxygen atoms in total. The molecular weight excluding hydrogens is 388 g/mol. The molecule has 25 heavy (non-hydrogen) atoms. The number of rotatable bonds is 2. The van der Waals surface area contributed by atoms with Crippen molar-refractivity contribution in [2.24, 2.45) is 0 Å². The zero-order chi connectivity index (χ0) is 18.7. The number of para-hydroxylation sites is 2. The summed E-state index contributed by atoms with van der Waals surface area (Å²) < 4.78 is 0. The van der Waals surface area contributed by atoms with Crippen molar-refractivity contribution in [1.82, 2.24) is 0 Å². The molecule has 2 aromatic rings. The van der Waals surface area contributed by atoms with Gasteiger partial charge in [-0.05, 0) is 12.1 Å².